The average molecular weight is 288 g/mol. The number of amides is 1. The smallest absolute Gasteiger partial charge is 0.251 e. The molecule has 2 atom stereocenters. The molecule has 2 rings (SSSR count). The number of hydrogen-bond donors (Lipinski definition) is 2. The Morgan fingerprint density at radius 1 is 1.50 bits per heavy atom. The molecule has 1 aromatic rings. The molecular weight excluding hydrogens is 272 g/mol. The van der Waals surface area contributed by atoms with Crippen LogP contribution in [0, 0.1) is 17.2 Å². The lowest BCUT2D eigenvalue weighted by Gasteiger charge is -2.13. The number of thioether (sulfide) groups is 1. The van der Waals surface area contributed by atoms with Crippen molar-refractivity contribution in [3.63, 3.8) is 0 Å². The van der Waals surface area contributed by atoms with Crippen molar-refractivity contribution in [2.24, 2.45) is 5.92 Å². The van der Waals surface area contributed by atoms with Crippen molar-refractivity contribution in [2.75, 3.05) is 12.4 Å². The van der Waals surface area contributed by atoms with Crippen molar-refractivity contribution in [1.29, 1.82) is 5.26 Å². The van der Waals surface area contributed by atoms with Crippen LogP contribution >= 0.6 is 11.8 Å². The number of rotatable bonds is 5. The third-order valence-corrected chi connectivity index (χ3v) is 3.98. The van der Waals surface area contributed by atoms with Crippen LogP contribution in [-0.4, -0.2) is 29.4 Å². The van der Waals surface area contributed by atoms with Gasteiger partial charge in [-0.25, -0.2) is 0 Å². The van der Waals surface area contributed by atoms with E-state index >= 15 is 0 Å². The molecule has 1 aliphatic carbocycles. The third-order valence-electron chi connectivity index (χ3n) is 3.12. The molecule has 1 aliphatic rings. The Kier molecular flexibility index (Phi) is 5.22. The molecule has 0 aromatic heterocycles. The molecule has 1 amide bonds. The van der Waals surface area contributed by atoms with Crippen molar-refractivity contribution >= 4 is 17.7 Å². The minimum atomic E-state index is -0.127. The van der Waals surface area contributed by atoms with Crippen molar-refractivity contribution in [3.8, 4) is 6.07 Å². The highest BCUT2D eigenvalue weighted by molar-refractivity contribution is 7.99. The third kappa shape index (κ3) is 3.86. The van der Waals surface area contributed by atoms with Gasteiger partial charge in [-0.15, -0.1) is 11.8 Å². The summed E-state index contributed by atoms with van der Waals surface area (Å²) in [5.74, 6) is 0.379. The quantitative estimate of drug-likeness (QED) is 0.642. The van der Waals surface area contributed by atoms with Crippen molar-refractivity contribution < 1.29 is 9.90 Å². The molecule has 2 N–H and O–H groups in total. The second-order valence-corrected chi connectivity index (χ2v) is 5.67. The van der Waals surface area contributed by atoms with Crippen LogP contribution in [-0.2, 0) is 0 Å². The maximum absolute atomic E-state index is 12.1. The molecule has 5 heteroatoms. The van der Waals surface area contributed by atoms with Gasteiger partial charge in [0.25, 0.3) is 5.91 Å². The van der Waals surface area contributed by atoms with E-state index in [0.717, 1.165) is 11.3 Å². The molecule has 0 saturated carbocycles. The Morgan fingerprint density at radius 3 is 3.05 bits per heavy atom. The van der Waals surface area contributed by atoms with Gasteiger partial charge >= 0.3 is 0 Å². The van der Waals surface area contributed by atoms with Crippen LogP contribution in [0.15, 0.2) is 41.3 Å². The lowest BCUT2D eigenvalue weighted by molar-refractivity contribution is 0.0941. The Balaban J connectivity index is 1.96. The van der Waals surface area contributed by atoms with Crippen LogP contribution in [0.1, 0.15) is 16.8 Å². The average Bonchev–Trinajstić information content (AvgIpc) is 2.93. The first kappa shape index (κ1) is 14.6. The normalized spacial score (nSPS) is 20.6. The first-order valence-electron chi connectivity index (χ1n) is 6.43. The highest BCUT2D eigenvalue weighted by Crippen LogP contribution is 2.20. The zero-order valence-corrected chi connectivity index (χ0v) is 11.8. The number of carbonyl (C=O) groups is 1. The molecule has 0 unspecified atom stereocenters. The number of aliphatic hydroxyl groups is 1. The number of nitrogens with one attached hydrogen (secondary N) is 1. The van der Waals surface area contributed by atoms with Crippen LogP contribution in [0.2, 0.25) is 0 Å². The second-order valence-electron chi connectivity index (χ2n) is 4.62. The van der Waals surface area contributed by atoms with E-state index in [0.29, 0.717) is 11.3 Å². The van der Waals surface area contributed by atoms with Gasteiger partial charge in [-0.3, -0.25) is 4.79 Å². The summed E-state index contributed by atoms with van der Waals surface area (Å²) in [6, 6.07) is 9.30. The molecule has 0 saturated heterocycles. The highest BCUT2D eigenvalue weighted by atomic mass is 32.2. The summed E-state index contributed by atoms with van der Waals surface area (Å²) in [5.41, 5.74) is 0.591. The molecule has 0 bridgehead atoms. The van der Waals surface area contributed by atoms with Gasteiger partial charge < -0.3 is 10.4 Å². The van der Waals surface area contributed by atoms with E-state index in [1.807, 2.05) is 24.3 Å². The predicted octanol–water partition coefficient (Wildman–Crippen LogP) is 1.97. The molecule has 1 aromatic carbocycles. The Morgan fingerprint density at radius 2 is 2.35 bits per heavy atom. The van der Waals surface area contributed by atoms with Gasteiger partial charge in [0.2, 0.25) is 0 Å². The first-order valence-corrected chi connectivity index (χ1v) is 7.41. The van der Waals surface area contributed by atoms with Crippen LogP contribution in [0.25, 0.3) is 0 Å². The number of aliphatic hydroxyl groups excluding tert-OH is 1. The lowest BCUT2D eigenvalue weighted by atomic mass is 10.1. The topological polar surface area (TPSA) is 73.1 Å². The minimum absolute atomic E-state index is 0.0185. The summed E-state index contributed by atoms with van der Waals surface area (Å²) in [6.45, 7) is 0.114. The second kappa shape index (κ2) is 7.13. The van der Waals surface area contributed by atoms with Crippen LogP contribution in [0.4, 0.5) is 0 Å². The fourth-order valence-corrected chi connectivity index (χ4v) is 2.73. The molecular formula is C15H16N2O2S. The zero-order valence-electron chi connectivity index (χ0n) is 11.0. The van der Waals surface area contributed by atoms with E-state index in [2.05, 4.69) is 11.4 Å². The SMILES string of the molecule is N#CCSc1cccc(C(=O)N[C@@H]2C=C[C@H](CO)C2)c1. The van der Waals surface area contributed by atoms with E-state index in [1.165, 1.54) is 11.8 Å². The van der Waals surface area contributed by atoms with Crippen molar-refractivity contribution in [2.45, 2.75) is 17.4 Å². The van der Waals surface area contributed by atoms with E-state index in [1.54, 1.807) is 12.1 Å². The van der Waals surface area contributed by atoms with Gasteiger partial charge in [-0.1, -0.05) is 18.2 Å². The standard InChI is InChI=1S/C15H16N2O2S/c16-6-7-20-14-3-1-2-12(9-14)15(19)17-13-5-4-11(8-13)10-18/h1-5,9,11,13,18H,7-8,10H2,(H,17,19)/t11-,13+/m0/s1. The van der Waals surface area contributed by atoms with Gasteiger partial charge in [-0.05, 0) is 24.6 Å². The maximum Gasteiger partial charge on any atom is 0.251 e. The summed E-state index contributed by atoms with van der Waals surface area (Å²) >= 11 is 1.41. The molecule has 0 spiro atoms. The van der Waals surface area contributed by atoms with E-state index in [-0.39, 0.29) is 24.5 Å². The zero-order chi connectivity index (χ0) is 14.4. The van der Waals surface area contributed by atoms with Crippen LogP contribution in [0.5, 0.6) is 0 Å². The first-order chi connectivity index (χ1) is 9.72. The van der Waals surface area contributed by atoms with E-state index in [4.69, 9.17) is 10.4 Å². The molecule has 0 aliphatic heterocycles. The van der Waals surface area contributed by atoms with Gasteiger partial charge in [0.1, 0.15) is 0 Å². The molecule has 0 fully saturated rings. The molecule has 20 heavy (non-hydrogen) atoms. The highest BCUT2D eigenvalue weighted by Gasteiger charge is 2.20. The molecule has 0 radical (unpaired) electrons. The van der Waals surface area contributed by atoms with Crippen molar-refractivity contribution in [3.05, 3.63) is 42.0 Å². The van der Waals surface area contributed by atoms with Gasteiger partial charge in [0.05, 0.1) is 11.8 Å². The summed E-state index contributed by atoms with van der Waals surface area (Å²) in [7, 11) is 0. The largest absolute Gasteiger partial charge is 0.396 e. The fraction of sp³-hybridized carbons (Fsp3) is 0.333. The maximum atomic E-state index is 12.1. The van der Waals surface area contributed by atoms with E-state index in [9.17, 15) is 4.79 Å². The monoisotopic (exact) mass is 288 g/mol. The number of benzene rings is 1. The van der Waals surface area contributed by atoms with Gasteiger partial charge in [-0.2, -0.15) is 5.26 Å². The van der Waals surface area contributed by atoms with Gasteiger partial charge in [0, 0.05) is 29.0 Å². The van der Waals surface area contributed by atoms with E-state index < -0.39 is 0 Å². The summed E-state index contributed by atoms with van der Waals surface area (Å²) in [5, 5.41) is 20.6. The number of nitriles is 1. The minimum Gasteiger partial charge on any atom is -0.396 e. The summed E-state index contributed by atoms with van der Waals surface area (Å²) < 4.78 is 0. The predicted molar refractivity (Wildman–Crippen MR) is 78.4 cm³/mol. The molecule has 104 valence electrons. The summed E-state index contributed by atoms with van der Waals surface area (Å²) in [4.78, 5) is 13.1. The van der Waals surface area contributed by atoms with Crippen molar-refractivity contribution in [1.82, 2.24) is 5.32 Å². The molecule has 4 nitrogen and oxygen atoms in total. The number of carbonyl (C=O) groups excluding carboxylic acids is 1. The number of hydrogen-bond acceptors (Lipinski definition) is 4. The van der Waals surface area contributed by atoms with Crippen LogP contribution < -0.4 is 5.32 Å². The fourth-order valence-electron chi connectivity index (χ4n) is 2.11. The lowest BCUT2D eigenvalue weighted by Crippen LogP contribution is -2.32. The van der Waals surface area contributed by atoms with Crippen LogP contribution in [0.3, 0.4) is 0 Å². The molecule has 0 heterocycles. The number of nitrogens with zero attached hydrogens (tertiary/aromatic N) is 1. The Bertz CT molecular complexity index is 551. The Labute approximate surface area is 122 Å². The van der Waals surface area contributed by atoms with Gasteiger partial charge in [0.15, 0.2) is 0 Å². The summed E-state index contributed by atoms with van der Waals surface area (Å²) in [6.07, 6.45) is 4.60. The Hall–Kier alpha value is -1.77.